The lowest BCUT2D eigenvalue weighted by molar-refractivity contribution is -0.141. The van der Waals surface area contributed by atoms with Crippen molar-refractivity contribution in [2.24, 2.45) is 5.73 Å². The second kappa shape index (κ2) is 6.67. The second-order valence-corrected chi connectivity index (χ2v) is 4.98. The van der Waals surface area contributed by atoms with Crippen molar-refractivity contribution >= 4 is 11.7 Å². The van der Waals surface area contributed by atoms with E-state index in [0.29, 0.717) is 19.3 Å². The highest BCUT2D eigenvalue weighted by molar-refractivity contribution is 5.70. The van der Waals surface area contributed by atoms with E-state index in [-0.39, 0.29) is 12.4 Å². The number of rotatable bonds is 4. The van der Waals surface area contributed by atoms with Gasteiger partial charge in [0.2, 0.25) is 0 Å². The van der Waals surface area contributed by atoms with Crippen molar-refractivity contribution in [3.05, 3.63) is 24.0 Å². The quantitative estimate of drug-likeness (QED) is 0.824. The lowest BCUT2D eigenvalue weighted by Gasteiger charge is -2.35. The molecule has 0 saturated carbocycles. The molecular formula is C14H21N3O3. The molecule has 2 unspecified atom stereocenters. The molecule has 6 nitrogen and oxygen atoms in total. The topological polar surface area (TPSA) is 77.7 Å². The number of methoxy groups -OCH3 is 1. The van der Waals surface area contributed by atoms with Crippen LogP contribution in [0.5, 0.6) is 0 Å². The zero-order valence-corrected chi connectivity index (χ0v) is 11.9. The van der Waals surface area contributed by atoms with Crippen LogP contribution in [0.2, 0.25) is 0 Å². The molecule has 110 valence electrons. The number of hydrogen-bond acceptors (Lipinski definition) is 6. The molecule has 2 rings (SSSR count). The van der Waals surface area contributed by atoms with Gasteiger partial charge in [0.1, 0.15) is 0 Å². The van der Waals surface area contributed by atoms with Crippen molar-refractivity contribution in [3.8, 4) is 0 Å². The van der Waals surface area contributed by atoms with Gasteiger partial charge in [0.05, 0.1) is 38.6 Å². The van der Waals surface area contributed by atoms with E-state index < -0.39 is 6.04 Å². The standard InChI is InChI=1S/C14H21N3O3/c1-10-9-20-4-3-17(10)12-5-11(7-16-8-12)13(15)6-14(18)19-2/h5,7-8,10,13H,3-4,6,9,15H2,1-2H3. The van der Waals surface area contributed by atoms with Crippen LogP contribution in [0.4, 0.5) is 5.69 Å². The van der Waals surface area contributed by atoms with Crippen molar-refractivity contribution in [2.75, 3.05) is 31.8 Å². The van der Waals surface area contributed by atoms with E-state index in [4.69, 9.17) is 10.5 Å². The molecule has 0 radical (unpaired) electrons. The van der Waals surface area contributed by atoms with Crippen LogP contribution in [0.3, 0.4) is 0 Å². The molecule has 0 aromatic carbocycles. The zero-order chi connectivity index (χ0) is 14.5. The van der Waals surface area contributed by atoms with Gasteiger partial charge in [-0.1, -0.05) is 0 Å². The Morgan fingerprint density at radius 3 is 3.15 bits per heavy atom. The van der Waals surface area contributed by atoms with E-state index in [1.807, 2.05) is 12.3 Å². The third-order valence-corrected chi connectivity index (χ3v) is 3.49. The van der Waals surface area contributed by atoms with E-state index in [1.54, 1.807) is 6.20 Å². The first-order valence-electron chi connectivity index (χ1n) is 6.73. The zero-order valence-electron chi connectivity index (χ0n) is 11.9. The summed E-state index contributed by atoms with van der Waals surface area (Å²) in [5.74, 6) is -0.317. The highest BCUT2D eigenvalue weighted by atomic mass is 16.5. The number of morpholine rings is 1. The lowest BCUT2D eigenvalue weighted by atomic mass is 10.1. The molecule has 0 aliphatic carbocycles. The van der Waals surface area contributed by atoms with Crippen molar-refractivity contribution in [3.63, 3.8) is 0 Å². The van der Waals surface area contributed by atoms with Crippen LogP contribution < -0.4 is 10.6 Å². The highest BCUT2D eigenvalue weighted by Gasteiger charge is 2.20. The molecule has 0 amide bonds. The average molecular weight is 279 g/mol. The van der Waals surface area contributed by atoms with Crippen LogP contribution in [-0.2, 0) is 14.3 Å². The lowest BCUT2D eigenvalue weighted by Crippen LogP contribution is -2.43. The summed E-state index contributed by atoms with van der Waals surface area (Å²) in [6, 6.07) is 1.89. The summed E-state index contributed by atoms with van der Waals surface area (Å²) in [7, 11) is 1.36. The summed E-state index contributed by atoms with van der Waals surface area (Å²) in [5.41, 5.74) is 7.87. The molecule has 2 heterocycles. The summed E-state index contributed by atoms with van der Waals surface area (Å²) in [6.45, 7) is 4.36. The van der Waals surface area contributed by atoms with E-state index >= 15 is 0 Å². The van der Waals surface area contributed by atoms with Gasteiger partial charge < -0.3 is 20.1 Å². The summed E-state index contributed by atoms with van der Waals surface area (Å²) >= 11 is 0. The molecular weight excluding hydrogens is 258 g/mol. The smallest absolute Gasteiger partial charge is 0.307 e. The number of anilines is 1. The van der Waals surface area contributed by atoms with Gasteiger partial charge in [-0.3, -0.25) is 9.78 Å². The van der Waals surface area contributed by atoms with Crippen LogP contribution in [0.1, 0.15) is 24.9 Å². The highest BCUT2D eigenvalue weighted by Crippen LogP contribution is 2.23. The number of carbonyl (C=O) groups is 1. The number of ether oxygens (including phenoxy) is 2. The van der Waals surface area contributed by atoms with Gasteiger partial charge in [-0.05, 0) is 18.6 Å². The number of carbonyl (C=O) groups excluding carboxylic acids is 1. The summed E-state index contributed by atoms with van der Waals surface area (Å²) in [6.07, 6.45) is 3.67. The van der Waals surface area contributed by atoms with Gasteiger partial charge in [-0.2, -0.15) is 0 Å². The van der Waals surface area contributed by atoms with Crippen LogP contribution in [0.25, 0.3) is 0 Å². The van der Waals surface area contributed by atoms with Crippen LogP contribution in [0, 0.1) is 0 Å². The minimum atomic E-state index is -0.397. The van der Waals surface area contributed by atoms with Crippen LogP contribution in [-0.4, -0.2) is 43.9 Å². The Labute approximate surface area is 118 Å². The van der Waals surface area contributed by atoms with Gasteiger partial charge in [-0.25, -0.2) is 0 Å². The van der Waals surface area contributed by atoms with Gasteiger partial charge in [0.25, 0.3) is 0 Å². The number of esters is 1. The summed E-state index contributed by atoms with van der Waals surface area (Å²) in [5, 5.41) is 0. The predicted molar refractivity (Wildman–Crippen MR) is 75.4 cm³/mol. The van der Waals surface area contributed by atoms with E-state index in [9.17, 15) is 4.79 Å². The van der Waals surface area contributed by atoms with Gasteiger partial charge in [0.15, 0.2) is 0 Å². The monoisotopic (exact) mass is 279 g/mol. The molecule has 1 aliphatic heterocycles. The Morgan fingerprint density at radius 1 is 1.65 bits per heavy atom. The Balaban J connectivity index is 2.12. The second-order valence-electron chi connectivity index (χ2n) is 4.98. The Hall–Kier alpha value is -1.66. The van der Waals surface area contributed by atoms with Crippen molar-refractivity contribution < 1.29 is 14.3 Å². The van der Waals surface area contributed by atoms with Crippen molar-refractivity contribution in [1.82, 2.24) is 4.98 Å². The van der Waals surface area contributed by atoms with E-state index in [1.165, 1.54) is 7.11 Å². The van der Waals surface area contributed by atoms with Gasteiger partial charge >= 0.3 is 5.97 Å². The molecule has 1 aromatic heterocycles. The molecule has 0 bridgehead atoms. The van der Waals surface area contributed by atoms with Crippen molar-refractivity contribution in [1.29, 1.82) is 0 Å². The molecule has 1 aromatic rings. The first kappa shape index (κ1) is 14.7. The first-order chi connectivity index (χ1) is 9.61. The minimum Gasteiger partial charge on any atom is -0.469 e. The summed E-state index contributed by atoms with van der Waals surface area (Å²) in [4.78, 5) is 17.8. The number of nitrogens with zero attached hydrogens (tertiary/aromatic N) is 2. The fraction of sp³-hybridized carbons (Fsp3) is 0.571. The Morgan fingerprint density at radius 2 is 2.45 bits per heavy atom. The third-order valence-electron chi connectivity index (χ3n) is 3.49. The average Bonchev–Trinajstić information content (AvgIpc) is 2.47. The minimum absolute atomic E-state index is 0.153. The molecule has 2 atom stereocenters. The molecule has 1 aliphatic rings. The SMILES string of the molecule is COC(=O)CC(N)c1cncc(N2CCOCC2C)c1. The molecule has 20 heavy (non-hydrogen) atoms. The summed E-state index contributed by atoms with van der Waals surface area (Å²) < 4.78 is 10.1. The van der Waals surface area contributed by atoms with Crippen molar-refractivity contribution in [2.45, 2.75) is 25.4 Å². The molecule has 6 heteroatoms. The molecule has 1 saturated heterocycles. The van der Waals surface area contributed by atoms with E-state index in [0.717, 1.165) is 17.8 Å². The van der Waals surface area contributed by atoms with Crippen LogP contribution in [0.15, 0.2) is 18.5 Å². The fourth-order valence-electron chi connectivity index (χ4n) is 2.30. The normalized spacial score (nSPS) is 20.6. The number of pyridine rings is 1. The Kier molecular flexibility index (Phi) is 4.92. The number of nitrogens with two attached hydrogens (primary N) is 1. The van der Waals surface area contributed by atoms with Gasteiger partial charge in [0, 0.05) is 24.8 Å². The number of hydrogen-bond donors (Lipinski definition) is 1. The fourth-order valence-corrected chi connectivity index (χ4v) is 2.30. The molecule has 0 spiro atoms. The largest absolute Gasteiger partial charge is 0.469 e. The maximum Gasteiger partial charge on any atom is 0.307 e. The maximum absolute atomic E-state index is 11.3. The maximum atomic E-state index is 11.3. The molecule has 1 fully saturated rings. The first-order valence-corrected chi connectivity index (χ1v) is 6.73. The van der Waals surface area contributed by atoms with E-state index in [2.05, 4.69) is 21.5 Å². The van der Waals surface area contributed by atoms with Crippen LogP contribution >= 0.6 is 0 Å². The Bertz CT molecular complexity index is 467. The van der Waals surface area contributed by atoms with Gasteiger partial charge in [-0.15, -0.1) is 0 Å². The number of aromatic nitrogens is 1. The predicted octanol–water partition coefficient (Wildman–Crippen LogP) is 0.870. The molecule has 2 N–H and O–H groups in total. The third kappa shape index (κ3) is 3.46.